The zero-order valence-electron chi connectivity index (χ0n) is 12.3. The van der Waals surface area contributed by atoms with E-state index < -0.39 is 0 Å². The van der Waals surface area contributed by atoms with Gasteiger partial charge in [-0.05, 0) is 25.5 Å². The van der Waals surface area contributed by atoms with Crippen molar-refractivity contribution in [3.63, 3.8) is 0 Å². The largest absolute Gasteiger partial charge is 0.337 e. The molecule has 1 atom stereocenters. The number of rotatable bonds is 3. The van der Waals surface area contributed by atoms with Crippen molar-refractivity contribution in [2.75, 3.05) is 26.2 Å². The third-order valence-electron chi connectivity index (χ3n) is 3.93. The molecular formula is C15H19BrN4O. The third-order valence-corrected chi connectivity index (χ3v) is 4.78. The lowest BCUT2D eigenvalue weighted by molar-refractivity contribution is 0.154. The van der Waals surface area contributed by atoms with Gasteiger partial charge in [-0.15, -0.1) is 0 Å². The monoisotopic (exact) mass is 350 g/mol. The summed E-state index contributed by atoms with van der Waals surface area (Å²) in [6.07, 6.45) is 0. The van der Waals surface area contributed by atoms with Gasteiger partial charge in [-0.3, -0.25) is 4.90 Å². The van der Waals surface area contributed by atoms with Gasteiger partial charge in [-0.1, -0.05) is 33.2 Å². The second kappa shape index (κ2) is 6.25. The second-order valence-corrected chi connectivity index (χ2v) is 6.24. The van der Waals surface area contributed by atoms with Crippen molar-refractivity contribution in [1.82, 2.24) is 20.4 Å². The van der Waals surface area contributed by atoms with Gasteiger partial charge in [-0.25, -0.2) is 0 Å². The Morgan fingerprint density at radius 3 is 2.81 bits per heavy atom. The number of aryl methyl sites for hydroxylation is 1. The van der Waals surface area contributed by atoms with Gasteiger partial charge in [-0.2, -0.15) is 4.98 Å². The summed E-state index contributed by atoms with van der Waals surface area (Å²) in [7, 11) is 0. The maximum Gasteiger partial charge on any atom is 0.244 e. The Balaban J connectivity index is 1.80. The Bertz CT molecular complexity index is 622. The molecule has 1 unspecified atom stereocenters. The quantitative estimate of drug-likeness (QED) is 0.922. The van der Waals surface area contributed by atoms with Crippen molar-refractivity contribution in [2.24, 2.45) is 0 Å². The summed E-state index contributed by atoms with van der Waals surface area (Å²) >= 11 is 3.54. The fraction of sp³-hybridized carbons (Fsp3) is 0.467. The molecular weight excluding hydrogens is 332 g/mol. The standard InChI is InChI=1S/C15H19BrN4O/c1-10-3-4-12(9-13(10)16)14-18-15(21-19-14)11(2)20-7-5-17-6-8-20/h3-4,9,11,17H,5-8H2,1-2H3. The second-order valence-electron chi connectivity index (χ2n) is 5.38. The molecule has 0 radical (unpaired) electrons. The molecule has 1 aromatic heterocycles. The van der Waals surface area contributed by atoms with Crippen molar-refractivity contribution in [3.8, 4) is 11.4 Å². The number of nitrogens with one attached hydrogen (secondary N) is 1. The topological polar surface area (TPSA) is 54.2 Å². The molecule has 6 heteroatoms. The molecule has 1 N–H and O–H groups in total. The molecule has 21 heavy (non-hydrogen) atoms. The number of hydrogen-bond acceptors (Lipinski definition) is 5. The number of benzene rings is 1. The van der Waals surface area contributed by atoms with E-state index in [0.717, 1.165) is 36.2 Å². The van der Waals surface area contributed by atoms with Crippen LogP contribution in [0.2, 0.25) is 0 Å². The first-order valence-corrected chi connectivity index (χ1v) is 7.99. The van der Waals surface area contributed by atoms with Crippen LogP contribution in [-0.2, 0) is 0 Å². The molecule has 0 spiro atoms. The Labute approximate surface area is 132 Å². The van der Waals surface area contributed by atoms with E-state index in [0.29, 0.717) is 11.7 Å². The molecule has 1 fully saturated rings. The van der Waals surface area contributed by atoms with Crippen LogP contribution in [0.25, 0.3) is 11.4 Å². The Morgan fingerprint density at radius 1 is 1.33 bits per heavy atom. The Kier molecular flexibility index (Phi) is 4.37. The smallest absolute Gasteiger partial charge is 0.244 e. The van der Waals surface area contributed by atoms with Crippen LogP contribution >= 0.6 is 15.9 Å². The van der Waals surface area contributed by atoms with Crippen LogP contribution < -0.4 is 5.32 Å². The Hall–Kier alpha value is -1.24. The van der Waals surface area contributed by atoms with Gasteiger partial charge in [0.2, 0.25) is 11.7 Å². The average molecular weight is 351 g/mol. The highest BCUT2D eigenvalue weighted by Crippen LogP contribution is 2.26. The lowest BCUT2D eigenvalue weighted by Gasteiger charge is -2.30. The molecule has 2 aromatic rings. The molecule has 0 saturated carbocycles. The number of halogens is 1. The zero-order chi connectivity index (χ0) is 14.8. The van der Waals surface area contributed by atoms with E-state index in [4.69, 9.17) is 4.52 Å². The summed E-state index contributed by atoms with van der Waals surface area (Å²) < 4.78 is 6.52. The number of piperazine rings is 1. The minimum absolute atomic E-state index is 0.155. The summed E-state index contributed by atoms with van der Waals surface area (Å²) in [5.74, 6) is 1.33. The predicted octanol–water partition coefficient (Wildman–Crippen LogP) is 2.77. The van der Waals surface area contributed by atoms with Gasteiger partial charge < -0.3 is 9.84 Å². The molecule has 1 aliphatic rings. The normalized spacial score (nSPS) is 17.9. The van der Waals surface area contributed by atoms with E-state index in [1.54, 1.807) is 0 Å². The third kappa shape index (κ3) is 3.17. The number of aromatic nitrogens is 2. The highest BCUT2D eigenvalue weighted by molar-refractivity contribution is 9.10. The van der Waals surface area contributed by atoms with Gasteiger partial charge in [0.15, 0.2) is 0 Å². The van der Waals surface area contributed by atoms with Gasteiger partial charge in [0, 0.05) is 36.2 Å². The minimum atomic E-state index is 0.155. The van der Waals surface area contributed by atoms with E-state index in [1.165, 1.54) is 5.56 Å². The highest BCUT2D eigenvalue weighted by atomic mass is 79.9. The molecule has 3 rings (SSSR count). The molecule has 0 aliphatic carbocycles. The lowest BCUT2D eigenvalue weighted by atomic mass is 10.1. The molecule has 0 bridgehead atoms. The number of hydrogen-bond donors (Lipinski definition) is 1. The molecule has 0 amide bonds. The van der Waals surface area contributed by atoms with Crippen LogP contribution in [0.3, 0.4) is 0 Å². The van der Waals surface area contributed by atoms with Crippen LogP contribution in [0.4, 0.5) is 0 Å². The SMILES string of the molecule is Cc1ccc(-c2noc(C(C)N3CCNCC3)n2)cc1Br. The fourth-order valence-electron chi connectivity index (χ4n) is 2.48. The van der Waals surface area contributed by atoms with Gasteiger partial charge in [0.25, 0.3) is 0 Å². The zero-order valence-corrected chi connectivity index (χ0v) is 13.9. The molecule has 2 heterocycles. The van der Waals surface area contributed by atoms with E-state index >= 15 is 0 Å². The molecule has 5 nitrogen and oxygen atoms in total. The first-order valence-electron chi connectivity index (χ1n) is 7.20. The van der Waals surface area contributed by atoms with Crippen LogP contribution in [0, 0.1) is 6.92 Å². The van der Waals surface area contributed by atoms with Crippen molar-refractivity contribution in [1.29, 1.82) is 0 Å². The first kappa shape index (κ1) is 14.7. The van der Waals surface area contributed by atoms with E-state index in [-0.39, 0.29) is 6.04 Å². The highest BCUT2D eigenvalue weighted by Gasteiger charge is 2.23. The molecule has 1 aliphatic heterocycles. The van der Waals surface area contributed by atoms with Crippen molar-refractivity contribution in [3.05, 3.63) is 34.1 Å². The van der Waals surface area contributed by atoms with E-state index in [2.05, 4.69) is 56.2 Å². The van der Waals surface area contributed by atoms with Gasteiger partial charge in [0.05, 0.1) is 6.04 Å². The van der Waals surface area contributed by atoms with E-state index in [9.17, 15) is 0 Å². The minimum Gasteiger partial charge on any atom is -0.337 e. The summed E-state index contributed by atoms with van der Waals surface area (Å²) in [5, 5.41) is 7.47. The fourth-order valence-corrected chi connectivity index (χ4v) is 2.86. The predicted molar refractivity (Wildman–Crippen MR) is 85.0 cm³/mol. The first-order chi connectivity index (χ1) is 10.1. The van der Waals surface area contributed by atoms with Crippen molar-refractivity contribution < 1.29 is 4.52 Å². The van der Waals surface area contributed by atoms with Gasteiger partial charge >= 0.3 is 0 Å². The molecule has 1 aromatic carbocycles. The van der Waals surface area contributed by atoms with Crippen molar-refractivity contribution in [2.45, 2.75) is 19.9 Å². The average Bonchev–Trinajstić information content (AvgIpc) is 3.00. The van der Waals surface area contributed by atoms with Gasteiger partial charge in [0.1, 0.15) is 0 Å². The van der Waals surface area contributed by atoms with Crippen LogP contribution in [-0.4, -0.2) is 41.2 Å². The summed E-state index contributed by atoms with van der Waals surface area (Å²) in [6, 6.07) is 6.25. The maximum absolute atomic E-state index is 5.47. The van der Waals surface area contributed by atoms with Crippen molar-refractivity contribution >= 4 is 15.9 Å². The van der Waals surface area contributed by atoms with Crippen LogP contribution in [0.15, 0.2) is 27.2 Å². The summed E-state index contributed by atoms with van der Waals surface area (Å²) in [6.45, 7) is 8.21. The van der Waals surface area contributed by atoms with E-state index in [1.807, 2.05) is 12.1 Å². The number of nitrogens with zero attached hydrogens (tertiary/aromatic N) is 3. The van der Waals surface area contributed by atoms with Crippen LogP contribution in [0.5, 0.6) is 0 Å². The lowest BCUT2D eigenvalue weighted by Crippen LogP contribution is -2.44. The summed E-state index contributed by atoms with van der Waals surface area (Å²) in [5.41, 5.74) is 2.16. The Morgan fingerprint density at radius 2 is 2.10 bits per heavy atom. The molecule has 1 saturated heterocycles. The van der Waals surface area contributed by atoms with Crippen LogP contribution in [0.1, 0.15) is 24.4 Å². The summed E-state index contributed by atoms with van der Waals surface area (Å²) in [4.78, 5) is 6.93. The molecule has 112 valence electrons. The maximum atomic E-state index is 5.47.